The topological polar surface area (TPSA) is 41.4 Å². The molecule has 3 rings (SSSR count). The second kappa shape index (κ2) is 6.62. The Morgan fingerprint density at radius 2 is 2.00 bits per heavy atom. The first-order valence-electron chi connectivity index (χ1n) is 7.85. The molecule has 23 heavy (non-hydrogen) atoms. The summed E-state index contributed by atoms with van der Waals surface area (Å²) in [5.41, 5.74) is 2.89. The highest BCUT2D eigenvalue weighted by atomic mass is 35.5. The van der Waals surface area contributed by atoms with Gasteiger partial charge in [-0.3, -0.25) is 9.48 Å². The van der Waals surface area contributed by atoms with Crippen LogP contribution < -0.4 is 4.90 Å². The SMILES string of the molecule is Cc1c(Cl)cccc1N1CCCN(C(=O)c2ccnn2C)CC1. The van der Waals surface area contributed by atoms with Crippen LogP contribution in [0.5, 0.6) is 0 Å². The Hall–Kier alpha value is -2.01. The van der Waals surface area contributed by atoms with Gasteiger partial charge in [0.15, 0.2) is 0 Å². The predicted octanol–water partition coefficient (Wildman–Crippen LogP) is 2.73. The Morgan fingerprint density at radius 1 is 1.17 bits per heavy atom. The molecule has 1 aliphatic heterocycles. The summed E-state index contributed by atoms with van der Waals surface area (Å²) < 4.78 is 1.63. The maximum Gasteiger partial charge on any atom is 0.272 e. The van der Waals surface area contributed by atoms with Gasteiger partial charge in [-0.25, -0.2) is 0 Å². The van der Waals surface area contributed by atoms with Crippen molar-refractivity contribution in [2.45, 2.75) is 13.3 Å². The van der Waals surface area contributed by atoms with Gasteiger partial charge in [0.1, 0.15) is 5.69 Å². The summed E-state index contributed by atoms with van der Waals surface area (Å²) in [4.78, 5) is 16.9. The van der Waals surface area contributed by atoms with Crippen LogP contribution in [-0.4, -0.2) is 46.8 Å². The number of aromatic nitrogens is 2. The maximum absolute atomic E-state index is 12.6. The molecule has 0 N–H and O–H groups in total. The smallest absolute Gasteiger partial charge is 0.272 e. The minimum atomic E-state index is 0.0506. The molecule has 0 aliphatic carbocycles. The van der Waals surface area contributed by atoms with Crippen molar-refractivity contribution in [1.82, 2.24) is 14.7 Å². The van der Waals surface area contributed by atoms with Crippen LogP contribution in [0.3, 0.4) is 0 Å². The molecule has 0 unspecified atom stereocenters. The van der Waals surface area contributed by atoms with E-state index >= 15 is 0 Å². The molecule has 1 amide bonds. The molecule has 1 fully saturated rings. The molecule has 0 atom stereocenters. The molecule has 2 heterocycles. The molecular formula is C17H21ClN4O. The zero-order valence-corrected chi connectivity index (χ0v) is 14.3. The van der Waals surface area contributed by atoms with E-state index in [9.17, 15) is 4.79 Å². The number of hydrogen-bond acceptors (Lipinski definition) is 3. The average molecular weight is 333 g/mol. The van der Waals surface area contributed by atoms with Gasteiger partial charge in [0.05, 0.1) is 0 Å². The number of amides is 1. The van der Waals surface area contributed by atoms with E-state index in [1.165, 1.54) is 0 Å². The number of carbonyl (C=O) groups excluding carboxylic acids is 1. The lowest BCUT2D eigenvalue weighted by molar-refractivity contribution is 0.0756. The first kappa shape index (κ1) is 15.9. The third-order valence-electron chi connectivity index (χ3n) is 4.40. The van der Waals surface area contributed by atoms with Crippen LogP contribution in [0.1, 0.15) is 22.5 Å². The second-order valence-corrected chi connectivity index (χ2v) is 6.26. The van der Waals surface area contributed by atoms with Crippen LogP contribution in [-0.2, 0) is 7.05 Å². The first-order valence-corrected chi connectivity index (χ1v) is 8.23. The minimum Gasteiger partial charge on any atom is -0.369 e. The summed E-state index contributed by atoms with van der Waals surface area (Å²) >= 11 is 6.24. The lowest BCUT2D eigenvalue weighted by Crippen LogP contribution is -2.36. The van der Waals surface area contributed by atoms with Gasteiger partial charge < -0.3 is 9.80 Å². The lowest BCUT2D eigenvalue weighted by atomic mass is 10.1. The van der Waals surface area contributed by atoms with Crippen molar-refractivity contribution >= 4 is 23.2 Å². The summed E-state index contributed by atoms with van der Waals surface area (Å²) in [5, 5.41) is 4.87. The summed E-state index contributed by atoms with van der Waals surface area (Å²) in [5.74, 6) is 0.0506. The van der Waals surface area contributed by atoms with Gasteiger partial charge >= 0.3 is 0 Å². The molecule has 0 saturated carbocycles. The van der Waals surface area contributed by atoms with Crippen LogP contribution in [0.15, 0.2) is 30.5 Å². The lowest BCUT2D eigenvalue weighted by Gasteiger charge is -2.25. The third-order valence-corrected chi connectivity index (χ3v) is 4.81. The molecule has 0 bridgehead atoms. The van der Waals surface area contributed by atoms with E-state index in [2.05, 4.69) is 16.1 Å². The van der Waals surface area contributed by atoms with Crippen LogP contribution in [0.25, 0.3) is 0 Å². The Morgan fingerprint density at radius 3 is 2.74 bits per heavy atom. The highest BCUT2D eigenvalue weighted by molar-refractivity contribution is 6.31. The van der Waals surface area contributed by atoms with E-state index in [1.54, 1.807) is 24.0 Å². The summed E-state index contributed by atoms with van der Waals surface area (Å²) in [7, 11) is 1.80. The van der Waals surface area contributed by atoms with Crippen LogP contribution in [0.4, 0.5) is 5.69 Å². The van der Waals surface area contributed by atoms with E-state index in [0.29, 0.717) is 12.2 Å². The normalized spacial score (nSPS) is 15.6. The number of anilines is 1. The van der Waals surface area contributed by atoms with Crippen LogP contribution >= 0.6 is 11.6 Å². The summed E-state index contributed by atoms with van der Waals surface area (Å²) in [6.45, 7) is 5.25. The fourth-order valence-corrected chi connectivity index (χ4v) is 3.22. The molecule has 1 aromatic carbocycles. The summed E-state index contributed by atoms with van der Waals surface area (Å²) in [6.07, 6.45) is 2.60. The zero-order chi connectivity index (χ0) is 16.4. The number of halogens is 1. The number of nitrogens with zero attached hydrogens (tertiary/aromatic N) is 4. The van der Waals surface area contributed by atoms with E-state index in [1.807, 2.05) is 24.0 Å². The van der Waals surface area contributed by atoms with Crippen molar-refractivity contribution in [3.8, 4) is 0 Å². The van der Waals surface area contributed by atoms with E-state index in [-0.39, 0.29) is 5.91 Å². The van der Waals surface area contributed by atoms with E-state index < -0.39 is 0 Å². The van der Waals surface area contributed by atoms with Crippen molar-refractivity contribution in [3.63, 3.8) is 0 Å². The fourth-order valence-electron chi connectivity index (χ4n) is 3.05. The van der Waals surface area contributed by atoms with Crippen molar-refractivity contribution in [1.29, 1.82) is 0 Å². The van der Waals surface area contributed by atoms with E-state index in [4.69, 9.17) is 11.6 Å². The maximum atomic E-state index is 12.6. The van der Waals surface area contributed by atoms with Crippen molar-refractivity contribution in [2.24, 2.45) is 7.05 Å². The number of hydrogen-bond donors (Lipinski definition) is 0. The quantitative estimate of drug-likeness (QED) is 0.849. The van der Waals surface area contributed by atoms with Crippen LogP contribution in [0, 0.1) is 6.92 Å². The number of rotatable bonds is 2. The van der Waals surface area contributed by atoms with Gasteiger partial charge in [-0.2, -0.15) is 5.10 Å². The second-order valence-electron chi connectivity index (χ2n) is 5.86. The van der Waals surface area contributed by atoms with Crippen molar-refractivity contribution in [3.05, 3.63) is 46.7 Å². The third kappa shape index (κ3) is 3.20. The van der Waals surface area contributed by atoms with Crippen LogP contribution in [0.2, 0.25) is 5.02 Å². The van der Waals surface area contributed by atoms with Gasteiger partial charge in [-0.05, 0) is 37.1 Å². The van der Waals surface area contributed by atoms with Gasteiger partial charge in [0.25, 0.3) is 5.91 Å². The first-order chi connectivity index (χ1) is 11.1. The Labute approximate surface area is 141 Å². The molecule has 5 nitrogen and oxygen atoms in total. The molecule has 122 valence electrons. The number of benzene rings is 1. The molecule has 1 saturated heterocycles. The molecule has 0 spiro atoms. The van der Waals surface area contributed by atoms with Gasteiger partial charge in [-0.1, -0.05) is 17.7 Å². The molecular weight excluding hydrogens is 312 g/mol. The number of carbonyl (C=O) groups is 1. The van der Waals surface area contributed by atoms with Crippen molar-refractivity contribution < 1.29 is 4.79 Å². The van der Waals surface area contributed by atoms with E-state index in [0.717, 1.165) is 42.3 Å². The fraction of sp³-hybridized carbons (Fsp3) is 0.412. The minimum absolute atomic E-state index is 0.0506. The Balaban J connectivity index is 1.74. The van der Waals surface area contributed by atoms with Gasteiger partial charge in [0.2, 0.25) is 0 Å². The average Bonchev–Trinajstić information content (AvgIpc) is 2.82. The largest absolute Gasteiger partial charge is 0.369 e. The monoisotopic (exact) mass is 332 g/mol. The molecule has 2 aromatic rings. The highest BCUT2D eigenvalue weighted by Gasteiger charge is 2.23. The Bertz CT molecular complexity index is 712. The summed E-state index contributed by atoms with van der Waals surface area (Å²) in [6, 6.07) is 7.76. The van der Waals surface area contributed by atoms with Crippen molar-refractivity contribution in [2.75, 3.05) is 31.1 Å². The number of aryl methyl sites for hydroxylation is 1. The molecule has 1 aliphatic rings. The molecule has 0 radical (unpaired) electrons. The molecule has 1 aromatic heterocycles. The zero-order valence-electron chi connectivity index (χ0n) is 13.5. The Kier molecular flexibility index (Phi) is 4.57. The van der Waals surface area contributed by atoms with Gasteiger partial charge in [-0.15, -0.1) is 0 Å². The standard InChI is InChI=1S/C17H21ClN4O/c1-13-14(18)5-3-6-15(13)21-9-4-10-22(12-11-21)17(23)16-7-8-19-20(16)2/h3,5-8H,4,9-12H2,1-2H3. The predicted molar refractivity (Wildman–Crippen MR) is 92.1 cm³/mol. The molecule has 6 heteroatoms. The highest BCUT2D eigenvalue weighted by Crippen LogP contribution is 2.27. The van der Waals surface area contributed by atoms with Gasteiger partial charge in [0, 0.05) is 50.1 Å².